The summed E-state index contributed by atoms with van der Waals surface area (Å²) >= 11 is 5.99. The van der Waals surface area contributed by atoms with Crippen LogP contribution in [0.5, 0.6) is 0 Å². The molecule has 3 N–H and O–H groups in total. The molecule has 0 radical (unpaired) electrons. The highest BCUT2D eigenvalue weighted by molar-refractivity contribution is 6.32. The van der Waals surface area contributed by atoms with Gasteiger partial charge in [0.05, 0.1) is 6.20 Å². The van der Waals surface area contributed by atoms with E-state index >= 15 is 0 Å². The van der Waals surface area contributed by atoms with Gasteiger partial charge in [0.2, 0.25) is 5.95 Å². The van der Waals surface area contributed by atoms with Gasteiger partial charge in [-0.2, -0.15) is 4.98 Å². The molecule has 1 aliphatic rings. The SMILES string of the molecule is CN1CCC(Nc2nc(N)ncc2Cl)CC1. The molecule has 0 unspecified atom stereocenters. The molecule has 1 fully saturated rings. The second-order valence-corrected chi connectivity index (χ2v) is 4.55. The van der Waals surface area contributed by atoms with Crippen LogP contribution < -0.4 is 11.1 Å². The van der Waals surface area contributed by atoms with E-state index < -0.39 is 0 Å². The van der Waals surface area contributed by atoms with Crippen LogP contribution in [0.4, 0.5) is 11.8 Å². The monoisotopic (exact) mass is 241 g/mol. The molecule has 1 aromatic rings. The molecule has 88 valence electrons. The molecule has 0 atom stereocenters. The lowest BCUT2D eigenvalue weighted by Gasteiger charge is -2.29. The minimum Gasteiger partial charge on any atom is -0.368 e. The van der Waals surface area contributed by atoms with Crippen LogP contribution in [0.15, 0.2) is 6.20 Å². The molecule has 2 rings (SSSR count). The van der Waals surface area contributed by atoms with E-state index in [2.05, 4.69) is 27.2 Å². The molecule has 1 aliphatic heterocycles. The Morgan fingerprint density at radius 1 is 1.50 bits per heavy atom. The Bertz CT molecular complexity index is 362. The number of nitrogens with two attached hydrogens (primary N) is 1. The number of rotatable bonds is 2. The van der Waals surface area contributed by atoms with E-state index in [0.29, 0.717) is 16.9 Å². The Kier molecular flexibility index (Phi) is 3.46. The van der Waals surface area contributed by atoms with Crippen LogP contribution in [0.1, 0.15) is 12.8 Å². The Morgan fingerprint density at radius 2 is 2.19 bits per heavy atom. The molecule has 0 bridgehead atoms. The number of nitrogens with zero attached hydrogens (tertiary/aromatic N) is 3. The fourth-order valence-electron chi connectivity index (χ4n) is 1.83. The molecular weight excluding hydrogens is 226 g/mol. The first-order chi connectivity index (χ1) is 7.65. The number of nitrogens with one attached hydrogen (secondary N) is 1. The molecule has 0 spiro atoms. The van der Waals surface area contributed by atoms with Crippen molar-refractivity contribution in [3.63, 3.8) is 0 Å². The van der Waals surface area contributed by atoms with E-state index in [1.54, 1.807) is 0 Å². The third-order valence-corrected chi connectivity index (χ3v) is 3.10. The van der Waals surface area contributed by atoms with Gasteiger partial charge in [0.1, 0.15) is 5.02 Å². The maximum Gasteiger partial charge on any atom is 0.222 e. The number of likely N-dealkylation sites (tertiary alicyclic amines) is 1. The highest BCUT2D eigenvalue weighted by Crippen LogP contribution is 2.21. The minimum atomic E-state index is 0.250. The maximum absolute atomic E-state index is 5.99. The van der Waals surface area contributed by atoms with Gasteiger partial charge < -0.3 is 16.0 Å². The van der Waals surface area contributed by atoms with E-state index in [-0.39, 0.29) is 5.95 Å². The van der Waals surface area contributed by atoms with Gasteiger partial charge in [0.15, 0.2) is 5.82 Å². The number of anilines is 2. The van der Waals surface area contributed by atoms with Crippen LogP contribution in [0, 0.1) is 0 Å². The second-order valence-electron chi connectivity index (χ2n) is 4.15. The van der Waals surface area contributed by atoms with Gasteiger partial charge in [0, 0.05) is 6.04 Å². The lowest BCUT2D eigenvalue weighted by molar-refractivity contribution is 0.263. The topological polar surface area (TPSA) is 67.1 Å². The second kappa shape index (κ2) is 4.84. The van der Waals surface area contributed by atoms with Gasteiger partial charge in [-0.15, -0.1) is 0 Å². The van der Waals surface area contributed by atoms with Gasteiger partial charge in [-0.05, 0) is 33.0 Å². The van der Waals surface area contributed by atoms with E-state index in [0.717, 1.165) is 25.9 Å². The zero-order valence-corrected chi connectivity index (χ0v) is 10.0. The predicted molar refractivity (Wildman–Crippen MR) is 65.6 cm³/mol. The standard InChI is InChI=1S/C10H16ClN5/c1-16-4-2-7(3-5-16)14-9-8(11)6-13-10(12)15-9/h6-7H,2-5H2,1H3,(H3,12,13,14,15). The molecule has 5 nitrogen and oxygen atoms in total. The van der Waals surface area contributed by atoms with Crippen LogP contribution >= 0.6 is 11.6 Å². The smallest absolute Gasteiger partial charge is 0.222 e. The molecule has 6 heteroatoms. The zero-order chi connectivity index (χ0) is 11.5. The molecule has 2 heterocycles. The van der Waals surface area contributed by atoms with Gasteiger partial charge in [-0.1, -0.05) is 11.6 Å². The summed E-state index contributed by atoms with van der Waals surface area (Å²) in [6, 6.07) is 0.419. The fraction of sp³-hybridized carbons (Fsp3) is 0.600. The first-order valence-electron chi connectivity index (χ1n) is 5.38. The maximum atomic E-state index is 5.99. The summed E-state index contributed by atoms with van der Waals surface area (Å²) < 4.78 is 0. The summed E-state index contributed by atoms with van der Waals surface area (Å²) in [4.78, 5) is 10.2. The summed E-state index contributed by atoms with van der Waals surface area (Å²) in [6.45, 7) is 2.19. The Labute approximate surface area is 100 Å². The largest absolute Gasteiger partial charge is 0.368 e. The van der Waals surface area contributed by atoms with E-state index in [9.17, 15) is 0 Å². The van der Waals surface area contributed by atoms with Gasteiger partial charge in [0.25, 0.3) is 0 Å². The lowest BCUT2D eigenvalue weighted by atomic mass is 10.1. The molecule has 0 amide bonds. The third kappa shape index (κ3) is 2.74. The molecular formula is C10H16ClN5. The zero-order valence-electron chi connectivity index (χ0n) is 9.28. The number of hydrogen-bond acceptors (Lipinski definition) is 5. The van der Waals surface area contributed by atoms with Gasteiger partial charge in [-0.3, -0.25) is 0 Å². The molecule has 0 aromatic carbocycles. The summed E-state index contributed by atoms with van der Waals surface area (Å²) in [6.07, 6.45) is 3.72. The van der Waals surface area contributed by atoms with Crippen molar-refractivity contribution >= 4 is 23.4 Å². The van der Waals surface area contributed by atoms with Crippen molar-refractivity contribution in [1.29, 1.82) is 0 Å². The van der Waals surface area contributed by atoms with Crippen LogP contribution in [-0.4, -0.2) is 41.0 Å². The highest BCUT2D eigenvalue weighted by Gasteiger charge is 2.17. The summed E-state index contributed by atoms with van der Waals surface area (Å²) in [5.74, 6) is 0.892. The highest BCUT2D eigenvalue weighted by atomic mass is 35.5. The minimum absolute atomic E-state index is 0.250. The summed E-state index contributed by atoms with van der Waals surface area (Å²) in [5.41, 5.74) is 5.53. The van der Waals surface area contributed by atoms with E-state index in [1.807, 2.05) is 0 Å². The van der Waals surface area contributed by atoms with Gasteiger partial charge >= 0.3 is 0 Å². The number of piperidine rings is 1. The quantitative estimate of drug-likeness (QED) is 0.815. The third-order valence-electron chi connectivity index (χ3n) is 2.82. The van der Waals surface area contributed by atoms with E-state index in [4.69, 9.17) is 17.3 Å². The van der Waals surface area contributed by atoms with Gasteiger partial charge in [-0.25, -0.2) is 4.98 Å². The van der Waals surface area contributed by atoms with Crippen molar-refractivity contribution in [3.8, 4) is 0 Å². The summed E-state index contributed by atoms with van der Waals surface area (Å²) in [7, 11) is 2.13. The number of halogens is 1. The van der Waals surface area contributed by atoms with Crippen molar-refractivity contribution < 1.29 is 0 Å². The Morgan fingerprint density at radius 3 is 2.88 bits per heavy atom. The van der Waals surface area contributed by atoms with Crippen LogP contribution in [0.3, 0.4) is 0 Å². The van der Waals surface area contributed by atoms with E-state index in [1.165, 1.54) is 6.20 Å². The average Bonchev–Trinajstić information content (AvgIpc) is 2.27. The molecule has 0 saturated carbocycles. The van der Waals surface area contributed by atoms with Crippen molar-refractivity contribution in [2.24, 2.45) is 0 Å². The van der Waals surface area contributed by atoms with Crippen molar-refractivity contribution in [2.75, 3.05) is 31.2 Å². The average molecular weight is 242 g/mol. The predicted octanol–water partition coefficient (Wildman–Crippen LogP) is 1.22. The molecule has 1 aromatic heterocycles. The molecule has 1 saturated heterocycles. The fourth-order valence-corrected chi connectivity index (χ4v) is 1.97. The van der Waals surface area contributed by atoms with Crippen molar-refractivity contribution in [3.05, 3.63) is 11.2 Å². The Balaban J connectivity index is 2.00. The lowest BCUT2D eigenvalue weighted by Crippen LogP contribution is -2.37. The van der Waals surface area contributed by atoms with Crippen LogP contribution in [0.25, 0.3) is 0 Å². The number of hydrogen-bond donors (Lipinski definition) is 2. The summed E-state index contributed by atoms with van der Waals surface area (Å²) in [5, 5.41) is 3.84. The normalized spacial score (nSPS) is 18.6. The Hall–Kier alpha value is -1.07. The number of aromatic nitrogens is 2. The molecule has 16 heavy (non-hydrogen) atoms. The molecule has 0 aliphatic carbocycles. The van der Waals surface area contributed by atoms with Crippen molar-refractivity contribution in [1.82, 2.24) is 14.9 Å². The van der Waals surface area contributed by atoms with Crippen molar-refractivity contribution in [2.45, 2.75) is 18.9 Å². The first kappa shape index (κ1) is 11.4. The first-order valence-corrected chi connectivity index (χ1v) is 5.76. The van der Waals surface area contributed by atoms with Crippen LogP contribution in [-0.2, 0) is 0 Å². The van der Waals surface area contributed by atoms with Crippen LogP contribution in [0.2, 0.25) is 5.02 Å². The number of nitrogen functional groups attached to an aromatic ring is 1.